The summed E-state index contributed by atoms with van der Waals surface area (Å²) in [5.74, 6) is -2.09. The van der Waals surface area contributed by atoms with Crippen LogP contribution in [0.5, 0.6) is 5.75 Å². The van der Waals surface area contributed by atoms with Crippen molar-refractivity contribution >= 4 is 27.9 Å². The minimum atomic E-state index is -1.22. The molecule has 0 heterocycles. The van der Waals surface area contributed by atoms with Crippen molar-refractivity contribution in [3.63, 3.8) is 0 Å². The second-order valence-electron chi connectivity index (χ2n) is 3.31. The first kappa shape index (κ1) is 14.5. The summed E-state index contributed by atoms with van der Waals surface area (Å²) in [7, 11) is 1.44. The minimum Gasteiger partial charge on any atom is -0.480 e. The number of carboxylic acids is 2. The number of hydrogen-bond acceptors (Lipinski definition) is 4. The van der Waals surface area contributed by atoms with Gasteiger partial charge in [0.05, 0.1) is 5.56 Å². The fraction of sp³-hybridized carbons (Fsp3) is 0.273. The zero-order valence-electron chi connectivity index (χ0n) is 9.42. The van der Waals surface area contributed by atoms with Crippen LogP contribution in [0.3, 0.4) is 0 Å². The Morgan fingerprint density at radius 1 is 1.39 bits per heavy atom. The Hall–Kier alpha value is -1.60. The van der Waals surface area contributed by atoms with Crippen molar-refractivity contribution in [2.24, 2.45) is 0 Å². The first-order valence-corrected chi connectivity index (χ1v) is 5.74. The average molecular weight is 319 g/mol. The largest absolute Gasteiger partial charge is 0.480 e. The van der Waals surface area contributed by atoms with Crippen molar-refractivity contribution in [2.75, 3.05) is 13.9 Å². The maximum atomic E-state index is 11.1. The molecule has 0 saturated carbocycles. The van der Waals surface area contributed by atoms with E-state index in [-0.39, 0.29) is 17.9 Å². The number of benzene rings is 1. The Kier molecular flexibility index (Phi) is 5.11. The quantitative estimate of drug-likeness (QED) is 0.614. The predicted octanol–water partition coefficient (Wildman–Crippen LogP) is 1.89. The lowest BCUT2D eigenvalue weighted by Gasteiger charge is -2.11. The molecule has 0 fully saturated rings. The van der Waals surface area contributed by atoms with E-state index in [0.717, 1.165) is 0 Å². The molecule has 18 heavy (non-hydrogen) atoms. The van der Waals surface area contributed by atoms with Gasteiger partial charge in [-0.15, -0.1) is 0 Å². The summed E-state index contributed by atoms with van der Waals surface area (Å²) in [6.45, 7) is -0.0188. The second kappa shape index (κ2) is 6.36. The van der Waals surface area contributed by atoms with E-state index in [4.69, 9.17) is 14.9 Å². The number of aromatic carboxylic acids is 1. The van der Waals surface area contributed by atoms with Crippen LogP contribution in [0.25, 0.3) is 0 Å². The van der Waals surface area contributed by atoms with Gasteiger partial charge in [0.1, 0.15) is 10.6 Å². The van der Waals surface area contributed by atoms with Gasteiger partial charge >= 0.3 is 11.9 Å². The molecule has 0 aliphatic heterocycles. The Morgan fingerprint density at radius 2 is 2.06 bits per heavy atom. The van der Waals surface area contributed by atoms with Crippen LogP contribution in [-0.2, 0) is 9.53 Å². The first-order valence-electron chi connectivity index (χ1n) is 4.83. The molecule has 98 valence electrons. The summed E-state index contributed by atoms with van der Waals surface area (Å²) in [4.78, 5) is 20.8. The number of carboxylic acid groups (broad SMARTS) is 2. The molecule has 1 atom stereocenters. The van der Waals surface area contributed by atoms with Crippen molar-refractivity contribution in [3.8, 4) is 5.75 Å². The number of hydrogen-bond donors (Lipinski definition) is 2. The minimum absolute atomic E-state index is 0.0188. The maximum absolute atomic E-state index is 11.1. The molecule has 0 bridgehead atoms. The number of carbonyl (C=O) groups is 2. The van der Waals surface area contributed by atoms with Gasteiger partial charge in [0.25, 0.3) is 0 Å². The van der Waals surface area contributed by atoms with Crippen molar-refractivity contribution in [3.05, 3.63) is 29.3 Å². The number of alkyl halides is 1. The van der Waals surface area contributed by atoms with E-state index >= 15 is 0 Å². The fourth-order valence-electron chi connectivity index (χ4n) is 1.29. The number of rotatable bonds is 6. The molecule has 7 heteroatoms. The molecular formula is C11H11BrO6. The number of methoxy groups -OCH3 is 1. The highest BCUT2D eigenvalue weighted by atomic mass is 79.9. The van der Waals surface area contributed by atoms with E-state index in [1.54, 1.807) is 0 Å². The van der Waals surface area contributed by atoms with E-state index in [2.05, 4.69) is 20.7 Å². The molecule has 6 nitrogen and oxygen atoms in total. The summed E-state index contributed by atoms with van der Waals surface area (Å²) < 4.78 is 9.78. The van der Waals surface area contributed by atoms with Crippen molar-refractivity contribution in [1.29, 1.82) is 0 Å². The second-order valence-corrected chi connectivity index (χ2v) is 4.22. The van der Waals surface area contributed by atoms with E-state index < -0.39 is 16.8 Å². The van der Waals surface area contributed by atoms with Crippen LogP contribution in [-0.4, -0.2) is 36.1 Å². The van der Waals surface area contributed by atoms with Gasteiger partial charge < -0.3 is 19.7 Å². The van der Waals surface area contributed by atoms with Gasteiger partial charge in [-0.3, -0.25) is 4.79 Å². The van der Waals surface area contributed by atoms with Gasteiger partial charge in [-0.1, -0.05) is 22.0 Å². The van der Waals surface area contributed by atoms with Gasteiger partial charge in [0, 0.05) is 7.11 Å². The van der Waals surface area contributed by atoms with Gasteiger partial charge in [0.2, 0.25) is 0 Å². The Bertz CT molecular complexity index is 459. The van der Waals surface area contributed by atoms with Crippen molar-refractivity contribution < 1.29 is 29.3 Å². The lowest BCUT2D eigenvalue weighted by molar-refractivity contribution is -0.136. The van der Waals surface area contributed by atoms with Gasteiger partial charge in [-0.25, -0.2) is 4.79 Å². The monoisotopic (exact) mass is 318 g/mol. The van der Waals surface area contributed by atoms with Crippen molar-refractivity contribution in [2.45, 2.75) is 4.83 Å². The third-order valence-electron chi connectivity index (χ3n) is 2.09. The molecule has 1 unspecified atom stereocenters. The highest BCUT2D eigenvalue weighted by molar-refractivity contribution is 9.09. The van der Waals surface area contributed by atoms with Gasteiger partial charge in [0.15, 0.2) is 6.79 Å². The molecule has 1 rings (SSSR count). The standard InChI is InChI=1S/C11H11BrO6/c1-17-5-18-6-2-3-7(9(12)11(15)16)8(4-6)10(13)14/h2-4,9H,5H2,1H3,(H,13,14)(H,15,16). The fourth-order valence-corrected chi connectivity index (χ4v) is 1.69. The lowest BCUT2D eigenvalue weighted by Crippen LogP contribution is -2.11. The third kappa shape index (κ3) is 3.44. The molecule has 0 aliphatic rings. The summed E-state index contributed by atoms with van der Waals surface area (Å²) in [5, 5.41) is 17.9. The van der Waals surface area contributed by atoms with Crippen LogP contribution in [0, 0.1) is 0 Å². The zero-order valence-corrected chi connectivity index (χ0v) is 11.0. The topological polar surface area (TPSA) is 93.1 Å². The highest BCUT2D eigenvalue weighted by Gasteiger charge is 2.22. The van der Waals surface area contributed by atoms with Crippen molar-refractivity contribution in [1.82, 2.24) is 0 Å². The number of ether oxygens (including phenoxy) is 2. The smallest absolute Gasteiger partial charge is 0.336 e. The SMILES string of the molecule is COCOc1ccc(C(Br)C(=O)O)c(C(=O)O)c1. The average Bonchev–Trinajstić information content (AvgIpc) is 2.34. The molecule has 0 amide bonds. The predicted molar refractivity (Wildman–Crippen MR) is 65.2 cm³/mol. The Balaban J connectivity index is 3.12. The first-order chi connectivity index (χ1) is 8.47. The van der Waals surface area contributed by atoms with Gasteiger partial charge in [-0.2, -0.15) is 0 Å². The summed E-state index contributed by atoms with van der Waals surface area (Å²) in [5.41, 5.74) is 0.0210. The highest BCUT2D eigenvalue weighted by Crippen LogP contribution is 2.29. The van der Waals surface area contributed by atoms with Crippen LogP contribution < -0.4 is 4.74 Å². The number of aliphatic carboxylic acids is 1. The molecule has 1 aromatic carbocycles. The lowest BCUT2D eigenvalue weighted by atomic mass is 10.0. The molecule has 2 N–H and O–H groups in total. The van der Waals surface area contributed by atoms with Crippen LogP contribution in [0.4, 0.5) is 0 Å². The Morgan fingerprint density at radius 3 is 2.56 bits per heavy atom. The Labute approximate surface area is 111 Å². The molecule has 0 aromatic heterocycles. The maximum Gasteiger partial charge on any atom is 0.336 e. The van der Waals surface area contributed by atoms with Crippen LogP contribution >= 0.6 is 15.9 Å². The molecule has 0 spiro atoms. The normalized spacial score (nSPS) is 11.9. The number of halogens is 1. The van der Waals surface area contributed by atoms with E-state index in [9.17, 15) is 9.59 Å². The summed E-state index contributed by atoms with van der Waals surface area (Å²) in [6, 6.07) is 4.13. The molecular weight excluding hydrogens is 308 g/mol. The third-order valence-corrected chi connectivity index (χ3v) is 2.97. The van der Waals surface area contributed by atoms with E-state index in [1.165, 1.54) is 25.3 Å². The van der Waals surface area contributed by atoms with E-state index in [1.807, 2.05) is 0 Å². The zero-order chi connectivity index (χ0) is 13.7. The van der Waals surface area contributed by atoms with Crippen LogP contribution in [0.15, 0.2) is 18.2 Å². The molecule has 0 radical (unpaired) electrons. The van der Waals surface area contributed by atoms with Gasteiger partial charge in [-0.05, 0) is 17.7 Å². The molecule has 0 aliphatic carbocycles. The molecule has 1 aromatic rings. The summed E-state index contributed by atoms with van der Waals surface area (Å²) in [6.07, 6.45) is 0. The van der Waals surface area contributed by atoms with Crippen LogP contribution in [0.2, 0.25) is 0 Å². The molecule has 0 saturated heterocycles. The summed E-state index contributed by atoms with van der Waals surface area (Å²) >= 11 is 2.92. The van der Waals surface area contributed by atoms with E-state index in [0.29, 0.717) is 5.75 Å². The van der Waals surface area contributed by atoms with Crippen LogP contribution in [0.1, 0.15) is 20.7 Å².